The first-order valence-electron chi connectivity index (χ1n) is 5.65. The van der Waals surface area contributed by atoms with Crippen molar-refractivity contribution in [3.8, 4) is 0 Å². The van der Waals surface area contributed by atoms with Crippen LogP contribution in [-0.4, -0.2) is 20.9 Å². The first-order chi connectivity index (χ1) is 8.36. The number of carbonyl (C=O) groups is 1. The van der Waals surface area contributed by atoms with Gasteiger partial charge in [0, 0.05) is 10.8 Å². The lowest BCUT2D eigenvalue weighted by atomic mass is 9.93. The van der Waals surface area contributed by atoms with Crippen molar-refractivity contribution in [2.45, 2.75) is 33.1 Å². The standard InChI is InChI=1S/C12H16N4OS/c1-7-13-5-8(14-7)10(17)16-11-15-9(6-18-11)12(2,3)4/h5-6H,1-4H3,(H,13,14)(H,15,16,17). The lowest BCUT2D eigenvalue weighted by molar-refractivity contribution is 0.102. The van der Waals surface area contributed by atoms with Gasteiger partial charge in [-0.2, -0.15) is 0 Å². The Bertz CT molecular complexity index is 565. The van der Waals surface area contributed by atoms with Crippen LogP contribution in [0.2, 0.25) is 0 Å². The molecule has 2 rings (SSSR count). The Hall–Kier alpha value is -1.69. The molecule has 0 aliphatic rings. The molecule has 2 heterocycles. The van der Waals surface area contributed by atoms with Crippen molar-refractivity contribution in [2.75, 3.05) is 5.32 Å². The molecule has 0 aromatic carbocycles. The topological polar surface area (TPSA) is 70.7 Å². The fraction of sp³-hybridized carbons (Fsp3) is 0.417. The van der Waals surface area contributed by atoms with Crippen LogP contribution in [0.1, 0.15) is 42.8 Å². The van der Waals surface area contributed by atoms with E-state index >= 15 is 0 Å². The number of rotatable bonds is 2. The van der Waals surface area contributed by atoms with Gasteiger partial charge in [-0.15, -0.1) is 11.3 Å². The number of anilines is 1. The number of nitrogens with zero attached hydrogens (tertiary/aromatic N) is 2. The maximum absolute atomic E-state index is 11.9. The molecule has 6 heteroatoms. The molecule has 0 unspecified atom stereocenters. The van der Waals surface area contributed by atoms with Crippen molar-refractivity contribution in [3.05, 3.63) is 28.8 Å². The number of aryl methyl sites for hydroxylation is 1. The largest absolute Gasteiger partial charge is 0.338 e. The molecule has 1 amide bonds. The molecular weight excluding hydrogens is 248 g/mol. The summed E-state index contributed by atoms with van der Waals surface area (Å²) in [6.45, 7) is 8.07. The zero-order valence-electron chi connectivity index (χ0n) is 10.9. The van der Waals surface area contributed by atoms with E-state index in [2.05, 4.69) is 41.0 Å². The van der Waals surface area contributed by atoms with Crippen LogP contribution in [0.15, 0.2) is 11.6 Å². The fourth-order valence-corrected chi connectivity index (χ4v) is 2.31. The van der Waals surface area contributed by atoms with Gasteiger partial charge < -0.3 is 4.98 Å². The molecule has 0 saturated heterocycles. The third kappa shape index (κ3) is 2.76. The molecule has 0 atom stereocenters. The summed E-state index contributed by atoms with van der Waals surface area (Å²) in [5.41, 5.74) is 1.41. The van der Waals surface area contributed by atoms with Crippen LogP contribution in [0.25, 0.3) is 0 Å². The number of amides is 1. The summed E-state index contributed by atoms with van der Waals surface area (Å²) in [7, 11) is 0. The Morgan fingerprint density at radius 3 is 2.67 bits per heavy atom. The van der Waals surface area contributed by atoms with Gasteiger partial charge in [-0.1, -0.05) is 20.8 Å². The lowest BCUT2D eigenvalue weighted by Crippen LogP contribution is -2.14. The zero-order valence-corrected chi connectivity index (χ0v) is 11.7. The molecule has 0 aliphatic heterocycles. The summed E-state index contributed by atoms with van der Waals surface area (Å²) in [6.07, 6.45) is 1.52. The monoisotopic (exact) mass is 264 g/mol. The molecule has 0 aliphatic carbocycles. The van der Waals surface area contributed by atoms with Crippen LogP contribution in [0.4, 0.5) is 5.13 Å². The SMILES string of the molecule is Cc1ncc(C(=O)Nc2nc(C(C)(C)C)cs2)[nH]1. The summed E-state index contributed by atoms with van der Waals surface area (Å²) in [4.78, 5) is 23.2. The first kappa shape index (κ1) is 12.8. The van der Waals surface area contributed by atoms with E-state index in [9.17, 15) is 4.79 Å². The van der Waals surface area contributed by atoms with Gasteiger partial charge in [0.15, 0.2) is 5.13 Å². The number of aromatic nitrogens is 3. The van der Waals surface area contributed by atoms with Crippen molar-refractivity contribution in [1.82, 2.24) is 15.0 Å². The number of hydrogen-bond donors (Lipinski definition) is 2. The highest BCUT2D eigenvalue weighted by molar-refractivity contribution is 7.14. The van der Waals surface area contributed by atoms with E-state index in [0.717, 1.165) is 11.5 Å². The van der Waals surface area contributed by atoms with Crippen LogP contribution in [-0.2, 0) is 5.41 Å². The number of H-pyrrole nitrogens is 1. The number of thiazole rings is 1. The molecule has 0 radical (unpaired) electrons. The minimum atomic E-state index is -0.217. The first-order valence-corrected chi connectivity index (χ1v) is 6.53. The molecule has 96 valence electrons. The highest BCUT2D eigenvalue weighted by atomic mass is 32.1. The van der Waals surface area contributed by atoms with E-state index in [0.29, 0.717) is 10.8 Å². The highest BCUT2D eigenvalue weighted by Gasteiger charge is 2.18. The van der Waals surface area contributed by atoms with Crippen LogP contribution in [0, 0.1) is 6.92 Å². The summed E-state index contributed by atoms with van der Waals surface area (Å²) < 4.78 is 0. The van der Waals surface area contributed by atoms with E-state index in [4.69, 9.17) is 0 Å². The number of imidazole rings is 1. The van der Waals surface area contributed by atoms with Crippen LogP contribution in [0.3, 0.4) is 0 Å². The van der Waals surface area contributed by atoms with Gasteiger partial charge in [0.05, 0.1) is 11.9 Å². The number of carbonyl (C=O) groups excluding carboxylic acids is 1. The second kappa shape index (κ2) is 4.53. The molecule has 0 spiro atoms. The lowest BCUT2D eigenvalue weighted by Gasteiger charge is -2.14. The second-order valence-electron chi connectivity index (χ2n) is 5.12. The molecular formula is C12H16N4OS. The van der Waals surface area contributed by atoms with Gasteiger partial charge in [-0.05, 0) is 6.92 Å². The summed E-state index contributed by atoms with van der Waals surface area (Å²) in [5.74, 6) is 0.500. The molecule has 0 saturated carbocycles. The Morgan fingerprint density at radius 1 is 1.44 bits per heavy atom. The smallest absolute Gasteiger partial charge is 0.275 e. The van der Waals surface area contributed by atoms with Crippen molar-refractivity contribution in [2.24, 2.45) is 0 Å². The van der Waals surface area contributed by atoms with E-state index in [-0.39, 0.29) is 11.3 Å². The van der Waals surface area contributed by atoms with Crippen LogP contribution < -0.4 is 5.32 Å². The minimum absolute atomic E-state index is 0.00987. The van der Waals surface area contributed by atoms with Crippen molar-refractivity contribution >= 4 is 22.4 Å². The van der Waals surface area contributed by atoms with Gasteiger partial charge in [-0.25, -0.2) is 9.97 Å². The molecule has 0 bridgehead atoms. The average molecular weight is 264 g/mol. The van der Waals surface area contributed by atoms with E-state index in [1.165, 1.54) is 17.5 Å². The molecule has 0 fully saturated rings. The predicted molar refractivity (Wildman–Crippen MR) is 72.1 cm³/mol. The van der Waals surface area contributed by atoms with Crippen molar-refractivity contribution < 1.29 is 4.79 Å². The number of hydrogen-bond acceptors (Lipinski definition) is 4. The van der Waals surface area contributed by atoms with E-state index in [1.807, 2.05) is 5.38 Å². The van der Waals surface area contributed by atoms with Gasteiger partial charge in [0.2, 0.25) is 0 Å². The maximum Gasteiger partial charge on any atom is 0.275 e. The van der Waals surface area contributed by atoms with Gasteiger partial charge in [0.1, 0.15) is 11.5 Å². The summed E-state index contributed by atoms with van der Waals surface area (Å²) >= 11 is 1.43. The summed E-state index contributed by atoms with van der Waals surface area (Å²) in [5, 5.41) is 5.34. The molecule has 5 nitrogen and oxygen atoms in total. The average Bonchev–Trinajstić information content (AvgIpc) is 2.85. The minimum Gasteiger partial charge on any atom is -0.338 e. The van der Waals surface area contributed by atoms with Gasteiger partial charge in [-0.3, -0.25) is 10.1 Å². The Labute approximate surface area is 110 Å². The molecule has 2 aromatic rings. The fourth-order valence-electron chi connectivity index (χ4n) is 1.38. The van der Waals surface area contributed by atoms with Gasteiger partial charge >= 0.3 is 0 Å². The van der Waals surface area contributed by atoms with Crippen LogP contribution in [0.5, 0.6) is 0 Å². The normalized spacial score (nSPS) is 11.6. The number of nitrogens with one attached hydrogen (secondary N) is 2. The Kier molecular flexibility index (Phi) is 3.21. The van der Waals surface area contributed by atoms with E-state index < -0.39 is 0 Å². The Morgan fingerprint density at radius 2 is 2.17 bits per heavy atom. The second-order valence-corrected chi connectivity index (χ2v) is 5.98. The quantitative estimate of drug-likeness (QED) is 0.876. The van der Waals surface area contributed by atoms with Crippen molar-refractivity contribution in [3.63, 3.8) is 0 Å². The van der Waals surface area contributed by atoms with Crippen molar-refractivity contribution in [1.29, 1.82) is 0 Å². The van der Waals surface area contributed by atoms with Gasteiger partial charge in [0.25, 0.3) is 5.91 Å². The zero-order chi connectivity index (χ0) is 13.3. The molecule has 18 heavy (non-hydrogen) atoms. The predicted octanol–water partition coefficient (Wildman–Crippen LogP) is 2.72. The molecule has 2 aromatic heterocycles. The number of aromatic amines is 1. The van der Waals surface area contributed by atoms with E-state index in [1.54, 1.807) is 6.92 Å². The van der Waals surface area contributed by atoms with Crippen LogP contribution >= 0.6 is 11.3 Å². The molecule has 2 N–H and O–H groups in total. The summed E-state index contributed by atoms with van der Waals surface area (Å²) in [6, 6.07) is 0. The maximum atomic E-state index is 11.9. The highest BCUT2D eigenvalue weighted by Crippen LogP contribution is 2.26. The third-order valence-corrected chi connectivity index (χ3v) is 3.20. The Balaban J connectivity index is 2.10. The third-order valence-electron chi connectivity index (χ3n) is 2.44.